The van der Waals surface area contributed by atoms with Crippen LogP contribution in [0.15, 0.2) is 0 Å². The number of nitrogen functional groups attached to an aromatic ring is 1. The summed E-state index contributed by atoms with van der Waals surface area (Å²) in [7, 11) is 0. The minimum atomic E-state index is 0.323. The van der Waals surface area contributed by atoms with Crippen molar-refractivity contribution in [3.63, 3.8) is 0 Å². The van der Waals surface area contributed by atoms with Gasteiger partial charge in [-0.1, -0.05) is 6.92 Å². The van der Waals surface area contributed by atoms with Gasteiger partial charge >= 0.3 is 0 Å². The predicted molar refractivity (Wildman–Crippen MR) is 69.3 cm³/mol. The van der Waals surface area contributed by atoms with Crippen molar-refractivity contribution in [3.8, 4) is 0 Å². The number of morpholine rings is 1. The van der Waals surface area contributed by atoms with E-state index in [1.54, 1.807) is 11.3 Å². The summed E-state index contributed by atoms with van der Waals surface area (Å²) in [4.78, 5) is 8.36. The van der Waals surface area contributed by atoms with E-state index in [1.807, 2.05) is 0 Å². The molecule has 2 heterocycles. The van der Waals surface area contributed by atoms with Gasteiger partial charge in [0.05, 0.1) is 18.4 Å². The molecule has 1 aromatic heterocycles. The molecule has 0 bridgehead atoms. The monoisotopic (exact) mass is 253 g/mol. The van der Waals surface area contributed by atoms with Crippen molar-refractivity contribution in [3.05, 3.63) is 10.6 Å². The van der Waals surface area contributed by atoms with Crippen LogP contribution < -0.4 is 5.73 Å². The summed E-state index contributed by atoms with van der Waals surface area (Å²) in [6, 6.07) is 0.538. The molecule has 3 rings (SSSR count). The zero-order valence-corrected chi connectivity index (χ0v) is 11.0. The number of nitrogens with two attached hydrogens (primary N) is 1. The van der Waals surface area contributed by atoms with E-state index in [2.05, 4.69) is 16.8 Å². The molecule has 0 aromatic carbocycles. The van der Waals surface area contributed by atoms with Crippen LogP contribution in [0.1, 0.15) is 23.9 Å². The van der Waals surface area contributed by atoms with E-state index in [0.717, 1.165) is 26.0 Å². The summed E-state index contributed by atoms with van der Waals surface area (Å²) in [5.41, 5.74) is 6.97. The molecule has 0 spiro atoms. The van der Waals surface area contributed by atoms with Crippen molar-refractivity contribution >= 4 is 16.5 Å². The first-order valence-electron chi connectivity index (χ1n) is 6.37. The molecule has 2 aliphatic rings. The minimum absolute atomic E-state index is 0.323. The Balaban J connectivity index is 1.83. The van der Waals surface area contributed by atoms with Crippen LogP contribution in [0.25, 0.3) is 0 Å². The fraction of sp³-hybridized carbons (Fsp3) is 0.750. The first-order chi connectivity index (χ1) is 8.28. The summed E-state index contributed by atoms with van der Waals surface area (Å²) in [5, 5.41) is 0.704. The molecule has 5 heteroatoms. The number of nitrogens with zero attached hydrogens (tertiary/aromatic N) is 2. The van der Waals surface area contributed by atoms with Crippen LogP contribution in [0, 0.1) is 0 Å². The van der Waals surface area contributed by atoms with E-state index in [-0.39, 0.29) is 0 Å². The van der Waals surface area contributed by atoms with Gasteiger partial charge in [0, 0.05) is 30.3 Å². The number of ether oxygens (including phenoxy) is 1. The molecular formula is C12H19N3OS. The van der Waals surface area contributed by atoms with Crippen molar-refractivity contribution in [1.82, 2.24) is 9.88 Å². The van der Waals surface area contributed by atoms with Crippen LogP contribution in [0.5, 0.6) is 0 Å². The zero-order chi connectivity index (χ0) is 11.8. The highest BCUT2D eigenvalue weighted by molar-refractivity contribution is 7.15. The van der Waals surface area contributed by atoms with Gasteiger partial charge in [-0.3, -0.25) is 4.90 Å². The Hall–Kier alpha value is -0.650. The molecule has 1 saturated heterocycles. The van der Waals surface area contributed by atoms with Gasteiger partial charge in [0.1, 0.15) is 0 Å². The average Bonchev–Trinajstić information content (AvgIpc) is 2.66. The van der Waals surface area contributed by atoms with Crippen molar-refractivity contribution in [1.29, 1.82) is 0 Å². The molecule has 1 aliphatic carbocycles. The lowest BCUT2D eigenvalue weighted by Crippen LogP contribution is -2.54. The van der Waals surface area contributed by atoms with Gasteiger partial charge < -0.3 is 10.5 Å². The number of hydrogen-bond acceptors (Lipinski definition) is 5. The zero-order valence-electron chi connectivity index (χ0n) is 10.2. The Morgan fingerprint density at radius 3 is 3.24 bits per heavy atom. The van der Waals surface area contributed by atoms with Crippen LogP contribution in [-0.2, 0) is 17.6 Å². The third-order valence-electron chi connectivity index (χ3n) is 3.70. The number of thiazole rings is 1. The normalized spacial score (nSPS) is 28.8. The molecule has 0 amide bonds. The quantitative estimate of drug-likeness (QED) is 0.863. The van der Waals surface area contributed by atoms with E-state index in [9.17, 15) is 0 Å². The van der Waals surface area contributed by atoms with Gasteiger partial charge in [-0.15, -0.1) is 11.3 Å². The van der Waals surface area contributed by atoms with E-state index in [0.29, 0.717) is 17.3 Å². The van der Waals surface area contributed by atoms with Crippen molar-refractivity contribution < 1.29 is 4.74 Å². The molecule has 2 N–H and O–H groups in total. The SMILES string of the molecule is CCCN1CCOC2Cc3nc(N)sc3CC21. The lowest BCUT2D eigenvalue weighted by atomic mass is 9.92. The Kier molecular flexibility index (Phi) is 3.06. The third kappa shape index (κ3) is 2.07. The van der Waals surface area contributed by atoms with Gasteiger partial charge in [0.25, 0.3) is 0 Å². The molecule has 4 nitrogen and oxygen atoms in total. The summed E-state index contributed by atoms with van der Waals surface area (Å²) in [5.74, 6) is 0. The summed E-state index contributed by atoms with van der Waals surface area (Å²) < 4.78 is 5.91. The van der Waals surface area contributed by atoms with Crippen molar-refractivity contribution in [2.24, 2.45) is 0 Å². The van der Waals surface area contributed by atoms with Crippen LogP contribution in [0.3, 0.4) is 0 Å². The minimum Gasteiger partial charge on any atom is -0.375 e. The van der Waals surface area contributed by atoms with Crippen LogP contribution in [0.4, 0.5) is 5.13 Å². The molecule has 0 saturated carbocycles. The van der Waals surface area contributed by atoms with Gasteiger partial charge in [0.2, 0.25) is 0 Å². The fourth-order valence-corrected chi connectivity index (χ4v) is 3.87. The number of aromatic nitrogens is 1. The number of anilines is 1. The van der Waals surface area contributed by atoms with Crippen molar-refractivity contribution in [2.45, 2.75) is 38.3 Å². The molecular weight excluding hydrogens is 234 g/mol. The van der Waals surface area contributed by atoms with Crippen LogP contribution in [-0.4, -0.2) is 41.7 Å². The highest BCUT2D eigenvalue weighted by atomic mass is 32.1. The molecule has 1 aliphatic heterocycles. The third-order valence-corrected chi connectivity index (χ3v) is 4.65. The Morgan fingerprint density at radius 1 is 1.53 bits per heavy atom. The van der Waals surface area contributed by atoms with E-state index < -0.39 is 0 Å². The lowest BCUT2D eigenvalue weighted by molar-refractivity contribution is -0.0739. The van der Waals surface area contributed by atoms with Gasteiger partial charge in [-0.2, -0.15) is 0 Å². The molecule has 0 radical (unpaired) electrons. The largest absolute Gasteiger partial charge is 0.375 e. The summed E-state index contributed by atoms with van der Waals surface area (Å²) >= 11 is 1.65. The molecule has 2 unspecified atom stereocenters. The fourth-order valence-electron chi connectivity index (χ4n) is 2.96. The average molecular weight is 253 g/mol. The van der Waals surface area contributed by atoms with Gasteiger partial charge in [-0.05, 0) is 13.0 Å². The van der Waals surface area contributed by atoms with Crippen LogP contribution >= 0.6 is 11.3 Å². The molecule has 94 valence electrons. The highest BCUT2D eigenvalue weighted by Gasteiger charge is 2.37. The number of rotatable bonds is 2. The van der Waals surface area contributed by atoms with E-state index >= 15 is 0 Å². The van der Waals surface area contributed by atoms with Crippen molar-refractivity contribution in [2.75, 3.05) is 25.4 Å². The predicted octanol–water partition coefficient (Wildman–Crippen LogP) is 1.30. The standard InChI is InChI=1S/C12H19N3OS/c1-2-3-15-4-5-16-10-6-8-11(7-9(10)15)17-12(13)14-8/h9-10H,2-7H2,1H3,(H2,13,14). The lowest BCUT2D eigenvalue weighted by Gasteiger charge is -2.43. The Labute approximate surface area is 106 Å². The molecule has 17 heavy (non-hydrogen) atoms. The second-order valence-electron chi connectivity index (χ2n) is 4.84. The first kappa shape index (κ1) is 11.4. The maximum atomic E-state index is 5.91. The van der Waals surface area contributed by atoms with Gasteiger partial charge in [-0.25, -0.2) is 4.98 Å². The van der Waals surface area contributed by atoms with Crippen LogP contribution in [0.2, 0.25) is 0 Å². The number of fused-ring (bicyclic) bond motifs is 2. The second-order valence-corrected chi connectivity index (χ2v) is 5.96. The maximum absolute atomic E-state index is 5.91. The molecule has 1 fully saturated rings. The molecule has 2 atom stereocenters. The van der Waals surface area contributed by atoms with E-state index in [1.165, 1.54) is 23.5 Å². The highest BCUT2D eigenvalue weighted by Crippen LogP contribution is 2.33. The smallest absolute Gasteiger partial charge is 0.180 e. The topological polar surface area (TPSA) is 51.4 Å². The summed E-state index contributed by atoms with van der Waals surface area (Å²) in [6.45, 7) is 5.34. The maximum Gasteiger partial charge on any atom is 0.180 e. The first-order valence-corrected chi connectivity index (χ1v) is 7.19. The van der Waals surface area contributed by atoms with E-state index in [4.69, 9.17) is 10.5 Å². The Morgan fingerprint density at radius 2 is 2.41 bits per heavy atom. The number of hydrogen-bond donors (Lipinski definition) is 1. The second kappa shape index (κ2) is 4.55. The Bertz CT molecular complexity index is 404. The van der Waals surface area contributed by atoms with Gasteiger partial charge in [0.15, 0.2) is 5.13 Å². The summed E-state index contributed by atoms with van der Waals surface area (Å²) in [6.07, 6.45) is 3.54. The molecule has 1 aromatic rings.